The number of pyridine rings is 1. The van der Waals surface area contributed by atoms with Crippen molar-refractivity contribution in [3.05, 3.63) is 94.5 Å². The van der Waals surface area contributed by atoms with Crippen LogP contribution in [0.15, 0.2) is 87.0 Å². The van der Waals surface area contributed by atoms with Gasteiger partial charge in [-0.2, -0.15) is 0 Å². The van der Waals surface area contributed by atoms with Gasteiger partial charge in [0.25, 0.3) is 0 Å². The Morgan fingerprint density at radius 3 is 2.46 bits per heavy atom. The first kappa shape index (κ1) is 21.7. The van der Waals surface area contributed by atoms with Gasteiger partial charge < -0.3 is 9.73 Å². The van der Waals surface area contributed by atoms with Crippen LogP contribution in [-0.4, -0.2) is 19.2 Å². The highest BCUT2D eigenvalue weighted by Gasteiger charge is 2.51. The molecule has 8 heteroatoms. The molecule has 35 heavy (non-hydrogen) atoms. The molecule has 176 valence electrons. The van der Waals surface area contributed by atoms with Gasteiger partial charge in [0.05, 0.1) is 27.3 Å². The molecule has 6 rings (SSSR count). The third-order valence-corrected chi connectivity index (χ3v) is 8.62. The van der Waals surface area contributed by atoms with Crippen LogP contribution < -0.4 is 10.7 Å². The predicted octanol–water partition coefficient (Wildman–Crippen LogP) is 4.93. The summed E-state index contributed by atoms with van der Waals surface area (Å²) < 4.78 is 45.3. The largest absolute Gasteiger partial charge is 0.463 e. The lowest BCUT2D eigenvalue weighted by Crippen LogP contribution is -2.15. The van der Waals surface area contributed by atoms with E-state index in [4.69, 9.17) is 4.42 Å². The molecule has 2 aromatic heterocycles. The average molecular weight is 489 g/mol. The Morgan fingerprint density at radius 1 is 1.09 bits per heavy atom. The number of benzene rings is 2. The third-order valence-electron chi connectivity index (χ3n) is 6.88. The van der Waals surface area contributed by atoms with Crippen molar-refractivity contribution in [2.24, 2.45) is 0 Å². The van der Waals surface area contributed by atoms with Gasteiger partial charge in [-0.3, -0.25) is 9.78 Å². The second-order valence-electron chi connectivity index (χ2n) is 8.95. The summed E-state index contributed by atoms with van der Waals surface area (Å²) in [6.45, 7) is 1.57. The number of hydrogen-bond donors (Lipinski definition) is 1. The molecule has 0 radical (unpaired) electrons. The number of hydrogen-bond acceptors (Lipinski definition) is 6. The van der Waals surface area contributed by atoms with E-state index in [-0.39, 0.29) is 38.6 Å². The maximum atomic E-state index is 13.6. The summed E-state index contributed by atoms with van der Waals surface area (Å²) in [7, 11) is -3.68. The molecular formula is C27H21FN2O4S. The molecule has 1 saturated carbocycles. The zero-order valence-corrected chi connectivity index (χ0v) is 19.7. The van der Waals surface area contributed by atoms with E-state index in [2.05, 4.69) is 10.3 Å². The molecule has 2 aliphatic rings. The van der Waals surface area contributed by atoms with Gasteiger partial charge in [0.15, 0.2) is 9.84 Å². The van der Waals surface area contributed by atoms with E-state index in [0.29, 0.717) is 16.5 Å². The molecule has 1 aliphatic heterocycles. The minimum Gasteiger partial charge on any atom is -0.463 e. The molecule has 0 spiro atoms. The zero-order valence-electron chi connectivity index (χ0n) is 18.8. The molecule has 1 aliphatic carbocycles. The zero-order chi connectivity index (χ0) is 24.4. The lowest BCUT2D eigenvalue weighted by atomic mass is 9.96. The third kappa shape index (κ3) is 3.56. The van der Waals surface area contributed by atoms with E-state index in [1.165, 1.54) is 18.4 Å². The summed E-state index contributed by atoms with van der Waals surface area (Å²) in [5, 5.41) is 3.43. The molecule has 0 amide bonds. The molecule has 1 N–H and O–H groups in total. The fourth-order valence-electron chi connectivity index (χ4n) is 4.57. The number of nitrogens with zero attached hydrogens (tertiary/aromatic N) is 1. The predicted molar refractivity (Wildman–Crippen MR) is 131 cm³/mol. The van der Waals surface area contributed by atoms with Crippen LogP contribution in [-0.2, 0) is 15.3 Å². The van der Waals surface area contributed by atoms with Crippen LogP contribution in [0.5, 0.6) is 0 Å². The van der Waals surface area contributed by atoms with Crippen molar-refractivity contribution in [2.75, 3.05) is 5.75 Å². The van der Waals surface area contributed by atoms with Gasteiger partial charge in [-0.15, -0.1) is 0 Å². The highest BCUT2D eigenvalue weighted by molar-refractivity contribution is 7.91. The summed E-state index contributed by atoms with van der Waals surface area (Å²) in [6, 6.07) is 12.8. The van der Waals surface area contributed by atoms with E-state index in [1.807, 2.05) is 6.20 Å². The molecule has 0 atom stereocenters. The fraction of sp³-hybridized carbons (Fsp3) is 0.185. The Labute approximate surface area is 201 Å². The Bertz CT molecular complexity index is 1700. The molecule has 0 bridgehead atoms. The minimum absolute atomic E-state index is 0.0337. The van der Waals surface area contributed by atoms with Crippen LogP contribution in [0.4, 0.5) is 4.39 Å². The summed E-state index contributed by atoms with van der Waals surface area (Å²) in [6.07, 6.45) is 6.70. The number of sulfone groups is 1. The normalized spacial score (nSPS) is 16.0. The number of allylic oxidation sites excluding steroid dienone is 1. The SMILES string of the molecule is CCS(=O)(=O)c1cc(C2(C3=CN3)CC2)cnc1-c1coc2ccc(-c3ccc(F)cc3)cc2c1=O. The summed E-state index contributed by atoms with van der Waals surface area (Å²) >= 11 is 0. The molecule has 1 fully saturated rings. The summed E-state index contributed by atoms with van der Waals surface area (Å²) in [5.41, 5.74) is 3.33. The quantitative estimate of drug-likeness (QED) is 0.413. The molecule has 4 aromatic rings. The van der Waals surface area contributed by atoms with Crippen LogP contribution in [0.3, 0.4) is 0 Å². The van der Waals surface area contributed by atoms with E-state index in [0.717, 1.165) is 29.7 Å². The number of aromatic nitrogens is 1. The monoisotopic (exact) mass is 488 g/mol. The van der Waals surface area contributed by atoms with Gasteiger partial charge in [0, 0.05) is 23.5 Å². The Morgan fingerprint density at radius 2 is 1.80 bits per heavy atom. The second-order valence-corrected chi connectivity index (χ2v) is 11.2. The molecule has 0 saturated heterocycles. The first-order valence-electron chi connectivity index (χ1n) is 11.3. The first-order valence-corrected chi connectivity index (χ1v) is 13.0. The number of rotatable bonds is 6. The lowest BCUT2D eigenvalue weighted by molar-refractivity contribution is 0.596. The highest BCUT2D eigenvalue weighted by Crippen LogP contribution is 2.55. The Hall–Kier alpha value is -3.78. The van der Waals surface area contributed by atoms with Gasteiger partial charge >= 0.3 is 0 Å². The van der Waals surface area contributed by atoms with Gasteiger partial charge in [0.1, 0.15) is 17.7 Å². The van der Waals surface area contributed by atoms with Crippen LogP contribution in [0, 0.1) is 5.82 Å². The van der Waals surface area contributed by atoms with E-state index in [1.54, 1.807) is 49.5 Å². The maximum absolute atomic E-state index is 13.6. The fourth-order valence-corrected chi connectivity index (χ4v) is 5.64. The Kier molecular flexibility index (Phi) is 4.73. The summed E-state index contributed by atoms with van der Waals surface area (Å²) in [5.74, 6) is -0.468. The lowest BCUT2D eigenvalue weighted by Gasteiger charge is -2.15. The van der Waals surface area contributed by atoms with Crippen molar-refractivity contribution >= 4 is 20.8 Å². The van der Waals surface area contributed by atoms with E-state index >= 15 is 0 Å². The standard InChI is InChI=1S/C27H21FN2O4S/c1-2-35(32,33)23-12-18(27(9-10-27)24-14-29-24)13-30-25(23)21-15-34-22-8-5-17(11-20(22)26(21)31)16-3-6-19(28)7-4-16/h3-8,11-15,29H,2,9-10H2,1H3. The van der Waals surface area contributed by atoms with Crippen LogP contribution in [0.2, 0.25) is 0 Å². The van der Waals surface area contributed by atoms with Crippen molar-refractivity contribution in [1.82, 2.24) is 10.3 Å². The minimum atomic E-state index is -3.68. The van der Waals surface area contributed by atoms with Gasteiger partial charge in [-0.05, 0) is 59.9 Å². The van der Waals surface area contributed by atoms with Crippen molar-refractivity contribution < 1.29 is 17.2 Å². The number of nitrogens with one attached hydrogen (secondary N) is 1. The van der Waals surface area contributed by atoms with Gasteiger partial charge in [-0.1, -0.05) is 25.1 Å². The average Bonchev–Trinajstić information content (AvgIpc) is 3.78. The maximum Gasteiger partial charge on any atom is 0.202 e. The van der Waals surface area contributed by atoms with Crippen LogP contribution in [0.1, 0.15) is 25.3 Å². The smallest absolute Gasteiger partial charge is 0.202 e. The van der Waals surface area contributed by atoms with Gasteiger partial charge in [0.2, 0.25) is 5.43 Å². The number of fused-ring (bicyclic) bond motifs is 1. The van der Waals surface area contributed by atoms with Crippen molar-refractivity contribution in [1.29, 1.82) is 0 Å². The Balaban J connectivity index is 1.53. The molecule has 3 heterocycles. The van der Waals surface area contributed by atoms with Crippen molar-refractivity contribution in [3.63, 3.8) is 0 Å². The molecule has 0 unspecified atom stereocenters. The second kappa shape index (κ2) is 7.61. The highest BCUT2D eigenvalue weighted by atomic mass is 32.2. The van der Waals surface area contributed by atoms with Crippen molar-refractivity contribution in [3.8, 4) is 22.4 Å². The van der Waals surface area contributed by atoms with Crippen molar-refractivity contribution in [2.45, 2.75) is 30.1 Å². The molecular weight excluding hydrogens is 467 g/mol. The molecule has 2 aromatic carbocycles. The molecule has 6 nitrogen and oxygen atoms in total. The van der Waals surface area contributed by atoms with E-state index < -0.39 is 9.84 Å². The van der Waals surface area contributed by atoms with Gasteiger partial charge in [-0.25, -0.2) is 12.8 Å². The van der Waals surface area contributed by atoms with E-state index in [9.17, 15) is 17.6 Å². The topological polar surface area (TPSA) is 99.2 Å². The summed E-state index contributed by atoms with van der Waals surface area (Å²) in [4.78, 5) is 18.1. The number of halogens is 1. The van der Waals surface area contributed by atoms with Crippen LogP contribution >= 0.6 is 0 Å². The first-order chi connectivity index (χ1) is 16.8. The van der Waals surface area contributed by atoms with Crippen LogP contribution in [0.25, 0.3) is 33.4 Å².